The Balaban J connectivity index is 1.34. The predicted octanol–water partition coefficient (Wildman–Crippen LogP) is 6.46. The number of hydrogen-bond acceptors (Lipinski definition) is 1. The van der Waals surface area contributed by atoms with Crippen molar-refractivity contribution in [1.29, 1.82) is 0 Å². The van der Waals surface area contributed by atoms with Gasteiger partial charge in [-0.15, -0.1) is 0 Å². The van der Waals surface area contributed by atoms with E-state index in [0.717, 1.165) is 12.4 Å². The molecule has 1 nitrogen and oxygen atoms in total. The number of ether oxygens (including phenoxy) is 1. The average Bonchev–Trinajstić information content (AvgIpc) is 2.83. The van der Waals surface area contributed by atoms with Crippen LogP contribution < -0.4 is 25.9 Å². The van der Waals surface area contributed by atoms with Crippen molar-refractivity contribution in [3.8, 4) is 5.75 Å². The second-order valence-electron chi connectivity index (χ2n) is 9.00. The van der Waals surface area contributed by atoms with E-state index in [1.54, 1.807) is 0 Å². The summed E-state index contributed by atoms with van der Waals surface area (Å²) in [5, 5.41) is 0. The quantitative estimate of drug-likeness (QED) is 0.136. The Kier molecular flexibility index (Phi) is 16.5. The monoisotopic (exact) mass is 549 g/mol. The van der Waals surface area contributed by atoms with Crippen LogP contribution in [0.3, 0.4) is 0 Å². The van der Waals surface area contributed by atoms with Gasteiger partial charge in [0.05, 0.1) is 0 Å². The fraction of sp³-hybridized carbons (Fsp3) is 0.600. The topological polar surface area (TPSA) is 9.23 Å². The van der Waals surface area contributed by atoms with Crippen LogP contribution in [-0.2, 0) is 0 Å². The number of halogens is 1. The van der Waals surface area contributed by atoms with E-state index in [1.807, 2.05) is 0 Å². The number of hydrogen-bond donors (Lipinski definition) is 0. The van der Waals surface area contributed by atoms with E-state index in [1.165, 1.54) is 110 Å². The molecule has 0 radical (unpaired) electrons. The summed E-state index contributed by atoms with van der Waals surface area (Å²) in [6.07, 6.45) is 22.5. The van der Waals surface area contributed by atoms with Crippen molar-refractivity contribution in [3.05, 3.63) is 61.7 Å². The molecule has 0 saturated heterocycles. The summed E-state index contributed by atoms with van der Waals surface area (Å²) in [7, 11) is 0. The zero-order valence-electron chi connectivity index (χ0n) is 20.5. The molecule has 2 heteroatoms. The van der Waals surface area contributed by atoms with E-state index in [0.29, 0.717) is 0 Å². The van der Waals surface area contributed by atoms with Crippen LogP contribution in [0.25, 0.3) is 0 Å². The Morgan fingerprint density at radius 1 is 0.500 bits per heavy atom. The molecule has 0 fully saturated rings. The molecule has 2 aromatic rings. The zero-order chi connectivity index (χ0) is 22.5. The minimum absolute atomic E-state index is 0.0762. The Morgan fingerprint density at radius 2 is 0.938 bits per heavy atom. The van der Waals surface area contributed by atoms with Gasteiger partial charge in [0.2, 0.25) is 0 Å². The Morgan fingerprint density at radius 3 is 1.44 bits per heavy atom. The number of benzene rings is 2. The van der Waals surface area contributed by atoms with E-state index in [2.05, 4.69) is 61.5 Å². The van der Waals surface area contributed by atoms with Gasteiger partial charge >= 0.3 is 139 Å². The van der Waals surface area contributed by atoms with Crippen LogP contribution in [0.4, 0.5) is 0 Å². The maximum atomic E-state index is 5.94. The van der Waals surface area contributed by atoms with E-state index >= 15 is 0 Å². The van der Waals surface area contributed by atoms with Crippen LogP contribution in [0.2, 0.25) is 0 Å². The van der Waals surface area contributed by atoms with Crippen molar-refractivity contribution in [2.75, 3.05) is 6.61 Å². The SMILES string of the molecule is CCCCCCCCCCCCCCCCCCOc1ccc([I-]c2ccccc2)cc1. The molecule has 0 aliphatic carbocycles. The fourth-order valence-corrected chi connectivity index (χ4v) is 6.25. The predicted molar refractivity (Wildman–Crippen MR) is 135 cm³/mol. The third kappa shape index (κ3) is 14.2. The first-order valence-corrected chi connectivity index (χ1v) is 15.5. The fourth-order valence-electron chi connectivity index (χ4n) is 4.04. The first-order chi connectivity index (χ1) is 15.9. The van der Waals surface area contributed by atoms with Gasteiger partial charge in [-0.1, -0.05) is 71.1 Å². The molecular weight excluding hydrogens is 503 g/mol. The van der Waals surface area contributed by atoms with Gasteiger partial charge in [0, 0.05) is 0 Å². The molecule has 0 amide bonds. The van der Waals surface area contributed by atoms with Crippen LogP contribution in [0.15, 0.2) is 54.6 Å². The molecule has 32 heavy (non-hydrogen) atoms. The Hall–Kier alpha value is -1.03. The molecule has 0 aromatic heterocycles. The minimum atomic E-state index is -0.0762. The Bertz CT molecular complexity index is 652. The van der Waals surface area contributed by atoms with Crippen molar-refractivity contribution in [3.63, 3.8) is 0 Å². The van der Waals surface area contributed by atoms with Crippen LogP contribution in [0.5, 0.6) is 5.75 Å². The average molecular weight is 550 g/mol. The van der Waals surface area contributed by atoms with E-state index in [-0.39, 0.29) is 21.2 Å². The molecule has 0 aliphatic rings. The molecule has 0 unspecified atom stereocenters. The third-order valence-corrected chi connectivity index (χ3v) is 8.72. The summed E-state index contributed by atoms with van der Waals surface area (Å²) in [6, 6.07) is 19.6. The third-order valence-electron chi connectivity index (χ3n) is 6.03. The zero-order valence-corrected chi connectivity index (χ0v) is 22.7. The second kappa shape index (κ2) is 19.4. The molecule has 180 valence electrons. The van der Waals surface area contributed by atoms with Crippen molar-refractivity contribution >= 4 is 0 Å². The number of rotatable bonds is 20. The second-order valence-corrected chi connectivity index (χ2v) is 12.0. The first kappa shape index (κ1) is 27.2. The van der Waals surface area contributed by atoms with Gasteiger partial charge < -0.3 is 0 Å². The van der Waals surface area contributed by atoms with Crippen LogP contribution >= 0.6 is 0 Å². The van der Waals surface area contributed by atoms with Gasteiger partial charge in [-0.3, -0.25) is 0 Å². The standard InChI is InChI=1S/C30H46IO/c1-2-3-4-5-6-7-8-9-10-11-12-13-14-15-16-20-27-32-30-25-23-29(24-26-30)31-28-21-18-17-19-22-28/h17-19,21-26H,2-16,20,27H2,1H3/q-1. The summed E-state index contributed by atoms with van der Waals surface area (Å²) in [5.74, 6) is 1.02. The van der Waals surface area contributed by atoms with Crippen LogP contribution in [0, 0.1) is 7.14 Å². The molecule has 2 rings (SSSR count). The molecule has 0 N–H and O–H groups in total. The molecule has 2 aromatic carbocycles. The maximum absolute atomic E-state index is 5.94. The van der Waals surface area contributed by atoms with Crippen LogP contribution in [0.1, 0.15) is 110 Å². The van der Waals surface area contributed by atoms with Gasteiger partial charge in [0.1, 0.15) is 0 Å². The van der Waals surface area contributed by atoms with Gasteiger partial charge in [-0.25, -0.2) is 0 Å². The van der Waals surface area contributed by atoms with E-state index in [9.17, 15) is 0 Å². The van der Waals surface area contributed by atoms with Gasteiger partial charge in [0.25, 0.3) is 0 Å². The molecular formula is C30H46IO-. The number of unbranched alkanes of at least 4 members (excludes halogenated alkanes) is 15. The summed E-state index contributed by atoms with van der Waals surface area (Å²) in [4.78, 5) is 0. The molecule has 0 saturated carbocycles. The van der Waals surface area contributed by atoms with Crippen LogP contribution in [-0.4, -0.2) is 6.61 Å². The Labute approximate surface area is 209 Å². The summed E-state index contributed by atoms with van der Waals surface area (Å²) in [5.41, 5.74) is 0. The van der Waals surface area contributed by atoms with Crippen molar-refractivity contribution in [2.45, 2.75) is 110 Å². The van der Waals surface area contributed by atoms with E-state index < -0.39 is 0 Å². The summed E-state index contributed by atoms with van der Waals surface area (Å²) in [6.45, 7) is 3.15. The molecule has 0 bridgehead atoms. The van der Waals surface area contributed by atoms with E-state index in [4.69, 9.17) is 4.74 Å². The summed E-state index contributed by atoms with van der Waals surface area (Å²) >= 11 is -0.0762. The molecule has 0 atom stereocenters. The van der Waals surface area contributed by atoms with Crippen molar-refractivity contribution in [1.82, 2.24) is 0 Å². The van der Waals surface area contributed by atoms with Gasteiger partial charge in [-0.2, -0.15) is 0 Å². The molecule has 0 heterocycles. The van der Waals surface area contributed by atoms with Crippen molar-refractivity contribution < 1.29 is 25.9 Å². The molecule has 0 spiro atoms. The summed E-state index contributed by atoms with van der Waals surface area (Å²) < 4.78 is 8.86. The molecule has 0 aliphatic heterocycles. The normalized spacial score (nSPS) is 11.2. The first-order valence-electron chi connectivity index (χ1n) is 13.3. The van der Waals surface area contributed by atoms with Gasteiger partial charge in [0.15, 0.2) is 0 Å². The van der Waals surface area contributed by atoms with Crippen molar-refractivity contribution in [2.24, 2.45) is 0 Å². The van der Waals surface area contributed by atoms with Gasteiger partial charge in [-0.05, 0) is 0 Å².